The lowest BCUT2D eigenvalue weighted by atomic mass is 10.1. The predicted molar refractivity (Wildman–Crippen MR) is 117 cm³/mol. The second-order valence-electron chi connectivity index (χ2n) is 7.92. The summed E-state index contributed by atoms with van der Waals surface area (Å²) in [7, 11) is 0. The number of anilines is 1. The van der Waals surface area contributed by atoms with Gasteiger partial charge in [-0.15, -0.1) is 10.2 Å². The molecule has 162 valence electrons. The van der Waals surface area contributed by atoms with Crippen molar-refractivity contribution in [1.29, 1.82) is 0 Å². The molecular formula is C21H29ClN6O2. The molecule has 8 nitrogen and oxygen atoms in total. The lowest BCUT2D eigenvalue weighted by Crippen LogP contribution is -2.31. The number of benzene rings is 1. The summed E-state index contributed by atoms with van der Waals surface area (Å²) in [6.45, 7) is 6.01. The Bertz CT molecular complexity index is 896. The van der Waals surface area contributed by atoms with Crippen LogP contribution in [0.5, 0.6) is 0 Å². The van der Waals surface area contributed by atoms with Gasteiger partial charge in [-0.2, -0.15) is 0 Å². The Labute approximate surface area is 181 Å². The fraction of sp³-hybridized carbons (Fsp3) is 0.524. The van der Waals surface area contributed by atoms with Gasteiger partial charge in [-0.1, -0.05) is 31.9 Å². The summed E-state index contributed by atoms with van der Waals surface area (Å²) in [5.74, 6) is 2.08. The molecule has 0 saturated heterocycles. The van der Waals surface area contributed by atoms with Crippen molar-refractivity contribution < 1.29 is 9.59 Å². The molecule has 3 N–H and O–H groups in total. The number of nitrogens with zero attached hydrogens (tertiary/aromatic N) is 3. The summed E-state index contributed by atoms with van der Waals surface area (Å²) < 4.78 is 2.18. The molecule has 30 heavy (non-hydrogen) atoms. The van der Waals surface area contributed by atoms with Crippen LogP contribution in [-0.2, 0) is 19.4 Å². The molecule has 3 amide bonds. The number of carbonyl (C=O) groups is 2. The predicted octanol–water partition coefficient (Wildman–Crippen LogP) is 3.41. The number of aromatic nitrogens is 3. The van der Waals surface area contributed by atoms with Crippen molar-refractivity contribution in [2.45, 2.75) is 52.5 Å². The van der Waals surface area contributed by atoms with Crippen molar-refractivity contribution in [2.75, 3.05) is 18.4 Å². The van der Waals surface area contributed by atoms with E-state index in [1.807, 2.05) is 13.8 Å². The summed E-state index contributed by atoms with van der Waals surface area (Å²) >= 11 is 6.23. The first-order valence-electron chi connectivity index (χ1n) is 10.5. The van der Waals surface area contributed by atoms with Gasteiger partial charge in [0.25, 0.3) is 5.91 Å². The van der Waals surface area contributed by atoms with Gasteiger partial charge >= 0.3 is 6.03 Å². The number of rotatable bonds is 7. The van der Waals surface area contributed by atoms with Crippen LogP contribution in [0.25, 0.3) is 0 Å². The minimum Gasteiger partial charge on any atom is -0.352 e. The molecule has 0 aliphatic carbocycles. The number of hydrogen-bond acceptors (Lipinski definition) is 4. The lowest BCUT2D eigenvalue weighted by Gasteiger charge is -2.11. The number of fused-ring (bicyclic) bond motifs is 1. The van der Waals surface area contributed by atoms with Crippen molar-refractivity contribution in [2.24, 2.45) is 5.92 Å². The quantitative estimate of drug-likeness (QED) is 0.624. The summed E-state index contributed by atoms with van der Waals surface area (Å²) in [5, 5.41) is 17.2. The van der Waals surface area contributed by atoms with Crippen molar-refractivity contribution in [3.63, 3.8) is 0 Å². The van der Waals surface area contributed by atoms with Crippen LogP contribution >= 0.6 is 11.6 Å². The Balaban J connectivity index is 1.49. The van der Waals surface area contributed by atoms with Gasteiger partial charge in [0.15, 0.2) is 0 Å². The highest BCUT2D eigenvalue weighted by Gasteiger charge is 2.15. The summed E-state index contributed by atoms with van der Waals surface area (Å²) in [6.07, 6.45) is 5.09. The van der Waals surface area contributed by atoms with Crippen LogP contribution in [0.2, 0.25) is 5.02 Å². The van der Waals surface area contributed by atoms with E-state index < -0.39 is 0 Å². The van der Waals surface area contributed by atoms with Gasteiger partial charge < -0.3 is 20.5 Å². The molecule has 1 aliphatic heterocycles. The molecule has 0 saturated carbocycles. The van der Waals surface area contributed by atoms with Crippen molar-refractivity contribution in [3.8, 4) is 0 Å². The minimum atomic E-state index is -0.335. The maximum atomic E-state index is 12.2. The first-order valence-corrected chi connectivity index (χ1v) is 10.9. The Morgan fingerprint density at radius 3 is 2.77 bits per heavy atom. The number of carbonyl (C=O) groups excluding carboxylic acids is 2. The maximum absolute atomic E-state index is 12.2. The molecule has 1 aliphatic rings. The van der Waals surface area contributed by atoms with E-state index in [1.54, 1.807) is 18.2 Å². The standard InChI is InChI=1S/C21H29ClN6O2/c1-14(2)13-24-20(29)16-8-7-15(12-17(16)22)25-21(30)23-10-9-19-27-26-18-6-4-3-5-11-28(18)19/h7-8,12,14H,3-6,9-11,13H2,1-2H3,(H,24,29)(H2,23,25,30). The van der Waals surface area contributed by atoms with E-state index in [0.29, 0.717) is 41.7 Å². The monoisotopic (exact) mass is 432 g/mol. The summed E-state index contributed by atoms with van der Waals surface area (Å²) in [5.41, 5.74) is 0.907. The van der Waals surface area contributed by atoms with Gasteiger partial charge in [0.05, 0.1) is 10.6 Å². The van der Waals surface area contributed by atoms with Crippen LogP contribution in [0.4, 0.5) is 10.5 Å². The van der Waals surface area contributed by atoms with Gasteiger partial charge in [0, 0.05) is 38.2 Å². The van der Waals surface area contributed by atoms with Crippen molar-refractivity contribution in [1.82, 2.24) is 25.4 Å². The van der Waals surface area contributed by atoms with Gasteiger partial charge in [-0.05, 0) is 37.0 Å². The third-order valence-electron chi connectivity index (χ3n) is 4.96. The maximum Gasteiger partial charge on any atom is 0.319 e. The first-order chi connectivity index (χ1) is 14.4. The summed E-state index contributed by atoms with van der Waals surface area (Å²) in [4.78, 5) is 24.4. The highest BCUT2D eigenvalue weighted by molar-refractivity contribution is 6.34. The Morgan fingerprint density at radius 2 is 2.00 bits per heavy atom. The Kier molecular flexibility index (Phi) is 7.68. The number of nitrogens with one attached hydrogen (secondary N) is 3. The van der Waals surface area contributed by atoms with Gasteiger partial charge in [-0.3, -0.25) is 4.79 Å². The van der Waals surface area contributed by atoms with Crippen LogP contribution in [0.15, 0.2) is 18.2 Å². The Hall–Kier alpha value is -2.61. The molecule has 0 spiro atoms. The van der Waals surface area contributed by atoms with Crippen LogP contribution in [0, 0.1) is 5.92 Å². The molecule has 0 fully saturated rings. The second kappa shape index (κ2) is 10.4. The largest absolute Gasteiger partial charge is 0.352 e. The number of hydrogen-bond donors (Lipinski definition) is 3. The smallest absolute Gasteiger partial charge is 0.319 e. The number of urea groups is 1. The lowest BCUT2D eigenvalue weighted by molar-refractivity contribution is 0.0949. The summed E-state index contributed by atoms with van der Waals surface area (Å²) in [6, 6.07) is 4.51. The Morgan fingerprint density at radius 1 is 1.17 bits per heavy atom. The van der Waals surface area contributed by atoms with E-state index in [9.17, 15) is 9.59 Å². The fourth-order valence-corrected chi connectivity index (χ4v) is 3.63. The zero-order valence-corrected chi connectivity index (χ0v) is 18.3. The molecule has 9 heteroatoms. The van der Waals surface area contributed by atoms with E-state index in [0.717, 1.165) is 37.5 Å². The zero-order chi connectivity index (χ0) is 21.5. The molecular weight excluding hydrogens is 404 g/mol. The van der Waals surface area contributed by atoms with Crippen molar-refractivity contribution in [3.05, 3.63) is 40.4 Å². The van der Waals surface area contributed by atoms with Gasteiger partial charge in [0.1, 0.15) is 11.6 Å². The van der Waals surface area contributed by atoms with Crippen molar-refractivity contribution >= 4 is 29.2 Å². The SMILES string of the molecule is CC(C)CNC(=O)c1ccc(NC(=O)NCCc2nnc3n2CCCCC3)cc1Cl. The van der Waals surface area contributed by atoms with E-state index in [4.69, 9.17) is 11.6 Å². The second-order valence-corrected chi connectivity index (χ2v) is 8.33. The molecule has 2 heterocycles. The van der Waals surface area contributed by atoms with E-state index in [2.05, 4.69) is 30.7 Å². The molecule has 0 atom stereocenters. The van der Waals surface area contributed by atoms with Gasteiger partial charge in [0.2, 0.25) is 0 Å². The number of aryl methyl sites for hydroxylation is 1. The van der Waals surface area contributed by atoms with Crippen LogP contribution < -0.4 is 16.0 Å². The highest BCUT2D eigenvalue weighted by Crippen LogP contribution is 2.21. The van der Waals surface area contributed by atoms with E-state index >= 15 is 0 Å². The van der Waals surface area contributed by atoms with E-state index in [1.165, 1.54) is 6.42 Å². The first kappa shape index (κ1) is 22.1. The number of amides is 3. The van der Waals surface area contributed by atoms with Gasteiger partial charge in [-0.25, -0.2) is 4.79 Å². The molecule has 1 aromatic heterocycles. The molecule has 0 radical (unpaired) electrons. The third-order valence-corrected chi connectivity index (χ3v) is 5.28. The van der Waals surface area contributed by atoms with E-state index in [-0.39, 0.29) is 11.9 Å². The molecule has 2 aromatic rings. The van der Waals surface area contributed by atoms with Crippen LogP contribution in [0.1, 0.15) is 55.1 Å². The minimum absolute atomic E-state index is 0.225. The number of halogens is 1. The third kappa shape index (κ3) is 5.95. The van der Waals surface area contributed by atoms with Crippen LogP contribution in [0.3, 0.4) is 0 Å². The normalized spacial score (nSPS) is 13.5. The molecule has 1 aromatic carbocycles. The highest BCUT2D eigenvalue weighted by atomic mass is 35.5. The zero-order valence-electron chi connectivity index (χ0n) is 17.5. The average molecular weight is 433 g/mol. The fourth-order valence-electron chi connectivity index (χ4n) is 3.36. The average Bonchev–Trinajstić information content (AvgIpc) is 2.92. The van der Waals surface area contributed by atoms with Crippen LogP contribution in [-0.4, -0.2) is 39.8 Å². The topological polar surface area (TPSA) is 101 Å². The molecule has 3 rings (SSSR count). The molecule has 0 bridgehead atoms. The molecule has 0 unspecified atom stereocenters.